The van der Waals surface area contributed by atoms with E-state index in [1.54, 1.807) is 0 Å². The van der Waals surface area contributed by atoms with Crippen molar-refractivity contribution in [3.05, 3.63) is 21.4 Å². The first-order chi connectivity index (χ1) is 10.7. The molecule has 1 aliphatic heterocycles. The van der Waals surface area contributed by atoms with Crippen LogP contribution in [0.3, 0.4) is 0 Å². The minimum atomic E-state index is 0.661. The van der Waals surface area contributed by atoms with Crippen molar-refractivity contribution in [2.45, 2.75) is 32.2 Å². The fourth-order valence-electron chi connectivity index (χ4n) is 3.43. The molecule has 3 heterocycles. The Hall–Kier alpha value is -0.750. The highest BCUT2D eigenvalue weighted by atomic mass is 35.5. The van der Waals surface area contributed by atoms with Crippen LogP contribution in [0.1, 0.15) is 29.1 Å². The van der Waals surface area contributed by atoms with Crippen LogP contribution in [-0.2, 0) is 19.4 Å². The lowest BCUT2D eigenvalue weighted by Gasteiger charge is -2.31. The van der Waals surface area contributed by atoms with Gasteiger partial charge in [-0.15, -0.1) is 11.3 Å². The van der Waals surface area contributed by atoms with Crippen molar-refractivity contribution in [3.63, 3.8) is 0 Å². The molecular formula is C16H21ClN4S. The Morgan fingerprint density at radius 1 is 1.09 bits per heavy atom. The number of halogens is 1. The first-order valence-electron chi connectivity index (χ1n) is 8.08. The number of nitrogens with zero attached hydrogens (tertiary/aromatic N) is 4. The zero-order chi connectivity index (χ0) is 15.1. The quantitative estimate of drug-likeness (QED) is 0.789. The van der Waals surface area contributed by atoms with Crippen molar-refractivity contribution in [3.8, 4) is 0 Å². The Bertz CT molecular complexity index is 691. The van der Waals surface area contributed by atoms with Gasteiger partial charge in [-0.2, -0.15) is 0 Å². The van der Waals surface area contributed by atoms with Gasteiger partial charge in [-0.25, -0.2) is 9.97 Å². The van der Waals surface area contributed by atoms with E-state index in [0.717, 1.165) is 55.2 Å². The summed E-state index contributed by atoms with van der Waals surface area (Å²) in [5.41, 5.74) is 1.42. The molecule has 0 saturated carbocycles. The average molecular weight is 337 g/mol. The van der Waals surface area contributed by atoms with Crippen LogP contribution < -0.4 is 0 Å². The van der Waals surface area contributed by atoms with E-state index >= 15 is 0 Å². The summed E-state index contributed by atoms with van der Waals surface area (Å²) in [6.07, 6.45) is 4.87. The second-order valence-electron chi connectivity index (χ2n) is 6.40. The van der Waals surface area contributed by atoms with Crippen molar-refractivity contribution in [1.29, 1.82) is 0 Å². The molecule has 0 aromatic carbocycles. The molecule has 0 bridgehead atoms. The fraction of sp³-hybridized carbons (Fsp3) is 0.625. The molecule has 118 valence electrons. The van der Waals surface area contributed by atoms with Crippen molar-refractivity contribution < 1.29 is 0 Å². The second kappa shape index (κ2) is 6.04. The highest BCUT2D eigenvalue weighted by Crippen LogP contribution is 2.38. The van der Waals surface area contributed by atoms with E-state index in [4.69, 9.17) is 16.6 Å². The van der Waals surface area contributed by atoms with Crippen LogP contribution in [0.4, 0.5) is 0 Å². The van der Waals surface area contributed by atoms with Gasteiger partial charge in [0.1, 0.15) is 15.8 Å². The molecule has 2 aromatic heterocycles. The topological polar surface area (TPSA) is 32.3 Å². The normalized spacial score (nSPS) is 20.5. The SMILES string of the molecule is CN1CCN(Cc2nc(Cl)c3c4c(sc3n2)CCCC4)CC1. The Morgan fingerprint density at radius 2 is 1.86 bits per heavy atom. The van der Waals surface area contributed by atoms with E-state index in [1.807, 2.05) is 11.3 Å². The summed E-state index contributed by atoms with van der Waals surface area (Å²) in [5, 5.41) is 1.79. The predicted octanol–water partition coefficient (Wildman–Crippen LogP) is 2.97. The minimum Gasteiger partial charge on any atom is -0.304 e. The van der Waals surface area contributed by atoms with Gasteiger partial charge < -0.3 is 4.90 Å². The molecule has 4 rings (SSSR count). The average Bonchev–Trinajstić information content (AvgIpc) is 2.88. The minimum absolute atomic E-state index is 0.661. The Kier molecular flexibility index (Phi) is 4.07. The van der Waals surface area contributed by atoms with Crippen molar-refractivity contribution in [1.82, 2.24) is 19.8 Å². The molecule has 2 aromatic rings. The van der Waals surface area contributed by atoms with Crippen molar-refractivity contribution in [2.75, 3.05) is 33.2 Å². The number of piperazine rings is 1. The number of hydrogen-bond donors (Lipinski definition) is 0. The van der Waals surface area contributed by atoms with Gasteiger partial charge in [-0.1, -0.05) is 11.6 Å². The van der Waals surface area contributed by atoms with Gasteiger partial charge in [0.05, 0.1) is 11.9 Å². The lowest BCUT2D eigenvalue weighted by Crippen LogP contribution is -2.44. The van der Waals surface area contributed by atoms with Gasteiger partial charge in [0.15, 0.2) is 0 Å². The maximum atomic E-state index is 6.51. The van der Waals surface area contributed by atoms with Gasteiger partial charge in [0.25, 0.3) is 0 Å². The van der Waals surface area contributed by atoms with Gasteiger partial charge >= 0.3 is 0 Å². The number of aromatic nitrogens is 2. The van der Waals surface area contributed by atoms with Crippen molar-refractivity contribution >= 4 is 33.2 Å². The monoisotopic (exact) mass is 336 g/mol. The van der Waals surface area contributed by atoms with E-state index in [2.05, 4.69) is 21.8 Å². The standard InChI is InChI=1S/C16H21ClN4S/c1-20-6-8-21(9-7-20)10-13-18-15(17)14-11-4-2-3-5-12(11)22-16(14)19-13/h2-10H2,1H3. The van der Waals surface area contributed by atoms with E-state index in [-0.39, 0.29) is 0 Å². The predicted molar refractivity (Wildman–Crippen MR) is 91.8 cm³/mol. The summed E-state index contributed by atoms with van der Waals surface area (Å²) in [6, 6.07) is 0. The highest BCUT2D eigenvalue weighted by Gasteiger charge is 2.21. The molecule has 1 fully saturated rings. The molecule has 0 amide bonds. The molecule has 6 heteroatoms. The lowest BCUT2D eigenvalue weighted by atomic mass is 9.97. The zero-order valence-electron chi connectivity index (χ0n) is 12.9. The molecule has 0 spiro atoms. The van der Waals surface area contributed by atoms with Gasteiger partial charge in [0, 0.05) is 31.1 Å². The van der Waals surface area contributed by atoms with Crippen LogP contribution in [0.5, 0.6) is 0 Å². The summed E-state index contributed by atoms with van der Waals surface area (Å²) in [7, 11) is 2.17. The molecule has 22 heavy (non-hydrogen) atoms. The van der Waals surface area contributed by atoms with Gasteiger partial charge in [-0.3, -0.25) is 4.90 Å². The largest absolute Gasteiger partial charge is 0.304 e. The molecule has 4 nitrogen and oxygen atoms in total. The van der Waals surface area contributed by atoms with Crippen molar-refractivity contribution in [2.24, 2.45) is 0 Å². The van der Waals surface area contributed by atoms with Crippen LogP contribution in [0.2, 0.25) is 5.15 Å². The van der Waals surface area contributed by atoms with E-state index < -0.39 is 0 Å². The molecule has 1 aliphatic carbocycles. The van der Waals surface area contributed by atoms with Gasteiger partial charge in [0.2, 0.25) is 0 Å². The fourth-order valence-corrected chi connectivity index (χ4v) is 5.07. The number of aryl methyl sites for hydroxylation is 2. The molecule has 1 saturated heterocycles. The highest BCUT2D eigenvalue weighted by molar-refractivity contribution is 7.19. The van der Waals surface area contributed by atoms with Crippen LogP contribution in [-0.4, -0.2) is 53.0 Å². The number of thiophene rings is 1. The Labute approximate surface area is 140 Å². The first kappa shape index (κ1) is 14.8. The summed E-state index contributed by atoms with van der Waals surface area (Å²) in [5.74, 6) is 0.876. The number of rotatable bonds is 2. The summed E-state index contributed by atoms with van der Waals surface area (Å²) >= 11 is 8.34. The van der Waals surface area contributed by atoms with Crippen LogP contribution in [0.25, 0.3) is 10.2 Å². The van der Waals surface area contributed by atoms with E-state index in [9.17, 15) is 0 Å². The summed E-state index contributed by atoms with van der Waals surface area (Å²) in [6.45, 7) is 5.20. The maximum Gasteiger partial charge on any atom is 0.145 e. The third kappa shape index (κ3) is 2.75. The Morgan fingerprint density at radius 3 is 2.68 bits per heavy atom. The molecular weight excluding hydrogens is 316 g/mol. The van der Waals surface area contributed by atoms with Gasteiger partial charge in [-0.05, 0) is 38.3 Å². The Balaban J connectivity index is 1.63. The number of fused-ring (bicyclic) bond motifs is 3. The molecule has 2 aliphatic rings. The summed E-state index contributed by atoms with van der Waals surface area (Å²) in [4.78, 5) is 16.8. The molecule has 0 unspecified atom stereocenters. The number of hydrogen-bond acceptors (Lipinski definition) is 5. The zero-order valence-corrected chi connectivity index (χ0v) is 14.5. The van der Waals surface area contributed by atoms with Crippen LogP contribution in [0, 0.1) is 0 Å². The first-order valence-corrected chi connectivity index (χ1v) is 9.28. The lowest BCUT2D eigenvalue weighted by molar-refractivity contribution is 0.145. The molecule has 0 N–H and O–H groups in total. The third-order valence-corrected chi connectivity index (χ3v) is 6.24. The number of likely N-dealkylation sites (N-methyl/N-ethyl adjacent to an activating group) is 1. The van der Waals surface area contributed by atoms with E-state index in [1.165, 1.54) is 29.7 Å². The summed E-state index contributed by atoms with van der Waals surface area (Å²) < 4.78 is 0. The molecule has 0 radical (unpaired) electrons. The van der Waals surface area contributed by atoms with E-state index in [0.29, 0.717) is 5.15 Å². The van der Waals surface area contributed by atoms with Crippen LogP contribution in [0.15, 0.2) is 0 Å². The third-order valence-electron chi connectivity index (χ3n) is 4.78. The second-order valence-corrected chi connectivity index (χ2v) is 7.84. The van der Waals surface area contributed by atoms with Crippen LogP contribution >= 0.6 is 22.9 Å². The maximum absolute atomic E-state index is 6.51. The molecule has 0 atom stereocenters. The smallest absolute Gasteiger partial charge is 0.145 e.